The lowest BCUT2D eigenvalue weighted by atomic mass is 9.81. The first-order valence-electron chi connectivity index (χ1n) is 14.3. The quantitative estimate of drug-likeness (QED) is 0.268. The highest BCUT2D eigenvalue weighted by molar-refractivity contribution is 5.93. The van der Waals surface area contributed by atoms with Crippen LogP contribution in [0.25, 0.3) is 22.3 Å². The number of hydrogen-bond acceptors (Lipinski definition) is 7. The number of hydrogen-bond donors (Lipinski definition) is 2. The first-order chi connectivity index (χ1) is 19.1. The van der Waals surface area contributed by atoms with E-state index in [1.165, 1.54) is 6.07 Å². The summed E-state index contributed by atoms with van der Waals surface area (Å²) in [5, 5.41) is 16.0. The van der Waals surface area contributed by atoms with Gasteiger partial charge < -0.3 is 24.6 Å². The van der Waals surface area contributed by atoms with Crippen molar-refractivity contribution in [2.45, 2.75) is 84.2 Å². The zero-order valence-corrected chi connectivity index (χ0v) is 23.9. The largest absolute Gasteiger partial charge is 0.458 e. The maximum atomic E-state index is 15.1. The topological polar surface area (TPSA) is 96.7 Å². The van der Waals surface area contributed by atoms with E-state index in [0.717, 1.165) is 54.4 Å². The number of nitrogens with one attached hydrogen (secondary N) is 1. The van der Waals surface area contributed by atoms with Gasteiger partial charge in [-0.25, -0.2) is 14.2 Å². The van der Waals surface area contributed by atoms with Gasteiger partial charge in [-0.2, -0.15) is 0 Å². The van der Waals surface area contributed by atoms with Crippen molar-refractivity contribution in [3.63, 3.8) is 0 Å². The molecule has 0 spiro atoms. The van der Waals surface area contributed by atoms with Crippen LogP contribution in [0.1, 0.15) is 79.5 Å². The van der Waals surface area contributed by atoms with Crippen LogP contribution in [0.3, 0.4) is 0 Å². The third kappa shape index (κ3) is 3.93. The fourth-order valence-electron chi connectivity index (χ4n) is 6.62. The lowest BCUT2D eigenvalue weighted by molar-refractivity contribution is -0.172. The van der Waals surface area contributed by atoms with Crippen LogP contribution >= 0.6 is 0 Å². The summed E-state index contributed by atoms with van der Waals surface area (Å²) in [6.45, 7) is 9.86. The number of aryl methyl sites for hydroxylation is 1. The summed E-state index contributed by atoms with van der Waals surface area (Å²) < 4.78 is 21.9. The first-order valence-corrected chi connectivity index (χ1v) is 14.3. The lowest BCUT2D eigenvalue weighted by Crippen LogP contribution is -2.44. The van der Waals surface area contributed by atoms with Crippen molar-refractivity contribution in [3.05, 3.63) is 61.7 Å². The molecule has 1 aliphatic carbocycles. The molecule has 2 atom stereocenters. The second-order valence-electron chi connectivity index (χ2n) is 11.8. The Labute approximate surface area is 233 Å². The Balaban J connectivity index is 1.49. The number of esters is 1. The molecule has 212 valence electrons. The molecule has 1 aromatic carbocycles. The molecule has 3 aromatic rings. The number of ether oxygens (including phenoxy) is 1. The van der Waals surface area contributed by atoms with Gasteiger partial charge in [-0.1, -0.05) is 6.92 Å². The highest BCUT2D eigenvalue weighted by Crippen LogP contribution is 2.45. The van der Waals surface area contributed by atoms with Gasteiger partial charge in [0.2, 0.25) is 0 Å². The predicted octanol–water partition coefficient (Wildman–Crippen LogP) is 3.83. The Morgan fingerprint density at radius 2 is 2.05 bits per heavy atom. The van der Waals surface area contributed by atoms with E-state index in [-0.39, 0.29) is 36.0 Å². The van der Waals surface area contributed by atoms with Crippen molar-refractivity contribution in [2.24, 2.45) is 0 Å². The number of rotatable bonds is 7. The molecule has 2 aliphatic heterocycles. The predicted molar refractivity (Wildman–Crippen MR) is 151 cm³/mol. The number of pyridine rings is 2. The molecule has 0 saturated heterocycles. The smallest absolute Gasteiger partial charge is 0.343 e. The maximum Gasteiger partial charge on any atom is 0.343 e. The van der Waals surface area contributed by atoms with Crippen molar-refractivity contribution < 1.29 is 19.0 Å². The van der Waals surface area contributed by atoms with E-state index in [4.69, 9.17) is 9.72 Å². The minimum absolute atomic E-state index is 0.0399. The highest BCUT2D eigenvalue weighted by atomic mass is 19.1. The maximum absolute atomic E-state index is 15.1. The Bertz CT molecular complexity index is 1610. The van der Waals surface area contributed by atoms with E-state index in [2.05, 4.69) is 31.1 Å². The highest BCUT2D eigenvalue weighted by Gasteiger charge is 2.46. The molecule has 6 rings (SSSR count). The average Bonchev–Trinajstić information content (AvgIpc) is 3.30. The molecular formula is C31H37FN4O4. The Hall–Kier alpha value is -3.14. The zero-order chi connectivity index (χ0) is 28.5. The number of benzene rings is 1. The number of aromatic nitrogens is 2. The number of carbonyl (C=O) groups excluding carboxylic acids is 1. The van der Waals surface area contributed by atoms with Gasteiger partial charge in [0.05, 0.1) is 29.0 Å². The van der Waals surface area contributed by atoms with Gasteiger partial charge in [0.1, 0.15) is 12.4 Å². The van der Waals surface area contributed by atoms with Crippen molar-refractivity contribution in [1.82, 2.24) is 19.8 Å². The Morgan fingerprint density at radius 3 is 2.77 bits per heavy atom. The summed E-state index contributed by atoms with van der Waals surface area (Å²) in [5.41, 5.74) is 3.80. The molecule has 9 heteroatoms. The number of cyclic esters (lactones) is 1. The number of halogens is 1. The standard InChI is InChI=1S/C31H37FN4O4/c1-6-31(39)21-12-25-28-19(14-36(25)29(37)20(21)15-40-30(31)38)27-23(33-10-7-11-35(5)16(2)3)9-8-18-17(4)22(32)13-24(34-28)26(18)27/h12-13,16,23,33,39H,6-11,14-15H2,1-5H3/t23-,31-/m0/s1. The molecule has 0 fully saturated rings. The summed E-state index contributed by atoms with van der Waals surface area (Å²) >= 11 is 0. The first kappa shape index (κ1) is 27.1. The van der Waals surface area contributed by atoms with Crippen LogP contribution < -0.4 is 10.9 Å². The number of carbonyl (C=O) groups is 1. The van der Waals surface area contributed by atoms with Gasteiger partial charge in [0.25, 0.3) is 5.56 Å². The summed E-state index contributed by atoms with van der Waals surface area (Å²) in [4.78, 5) is 33.5. The van der Waals surface area contributed by atoms with Crippen molar-refractivity contribution >= 4 is 16.9 Å². The molecule has 2 aromatic heterocycles. The fraction of sp³-hybridized carbons (Fsp3) is 0.516. The summed E-state index contributed by atoms with van der Waals surface area (Å²) in [6.07, 6.45) is 2.65. The third-order valence-electron chi connectivity index (χ3n) is 9.34. The second kappa shape index (κ2) is 9.75. The summed E-state index contributed by atoms with van der Waals surface area (Å²) in [7, 11) is 2.13. The number of fused-ring (bicyclic) bond motifs is 5. The minimum atomic E-state index is -1.89. The van der Waals surface area contributed by atoms with Crippen LogP contribution in [-0.2, 0) is 34.7 Å². The molecule has 0 bridgehead atoms. The van der Waals surface area contributed by atoms with E-state index in [0.29, 0.717) is 40.6 Å². The van der Waals surface area contributed by atoms with E-state index in [1.807, 2.05) is 6.92 Å². The van der Waals surface area contributed by atoms with E-state index in [9.17, 15) is 14.7 Å². The Kier molecular flexibility index (Phi) is 6.59. The molecule has 0 saturated carbocycles. The van der Waals surface area contributed by atoms with Crippen LogP contribution in [0.15, 0.2) is 16.9 Å². The molecule has 40 heavy (non-hydrogen) atoms. The van der Waals surface area contributed by atoms with Gasteiger partial charge in [0, 0.05) is 34.7 Å². The van der Waals surface area contributed by atoms with Gasteiger partial charge in [-0.3, -0.25) is 4.79 Å². The Morgan fingerprint density at radius 1 is 1.27 bits per heavy atom. The van der Waals surface area contributed by atoms with E-state index < -0.39 is 11.6 Å². The molecule has 2 N–H and O–H groups in total. The van der Waals surface area contributed by atoms with Gasteiger partial charge in [0.15, 0.2) is 5.60 Å². The molecule has 8 nitrogen and oxygen atoms in total. The summed E-state index contributed by atoms with van der Waals surface area (Å²) in [5.74, 6) is -1.03. The fourth-order valence-corrected chi connectivity index (χ4v) is 6.62. The van der Waals surface area contributed by atoms with Gasteiger partial charge in [-0.15, -0.1) is 0 Å². The van der Waals surface area contributed by atoms with Crippen LogP contribution in [0.5, 0.6) is 0 Å². The summed E-state index contributed by atoms with van der Waals surface area (Å²) in [6, 6.07) is 3.74. The molecule has 3 aliphatic rings. The normalized spacial score (nSPS) is 21.1. The van der Waals surface area contributed by atoms with E-state index in [1.54, 1.807) is 17.6 Å². The number of aliphatic hydroxyl groups is 1. The molecule has 0 amide bonds. The average molecular weight is 549 g/mol. The van der Waals surface area contributed by atoms with Crippen molar-refractivity contribution in [3.8, 4) is 11.4 Å². The van der Waals surface area contributed by atoms with Crippen LogP contribution in [0, 0.1) is 12.7 Å². The van der Waals surface area contributed by atoms with Crippen molar-refractivity contribution in [1.29, 1.82) is 0 Å². The lowest BCUT2D eigenvalue weighted by Gasteiger charge is -2.31. The number of nitrogens with zero attached hydrogens (tertiary/aromatic N) is 3. The van der Waals surface area contributed by atoms with Crippen LogP contribution in [0.2, 0.25) is 0 Å². The molecule has 4 heterocycles. The van der Waals surface area contributed by atoms with Gasteiger partial charge in [-0.05, 0) is 89.3 Å². The van der Waals surface area contributed by atoms with Crippen LogP contribution in [0.4, 0.5) is 4.39 Å². The monoisotopic (exact) mass is 548 g/mol. The SMILES string of the molecule is CC[C@@]1(O)C(=O)OCc2c1cc1n(c2=O)Cc2c-1nc1cc(F)c(C)c3c1c2[C@@H](NCCCN(C)C(C)C)CC3. The third-order valence-corrected chi connectivity index (χ3v) is 9.34. The molecular weight excluding hydrogens is 511 g/mol. The minimum Gasteiger partial charge on any atom is -0.458 e. The van der Waals surface area contributed by atoms with Crippen LogP contribution in [-0.4, -0.2) is 51.7 Å². The molecule has 0 unspecified atom stereocenters. The second-order valence-corrected chi connectivity index (χ2v) is 11.8. The van der Waals surface area contributed by atoms with Crippen molar-refractivity contribution in [2.75, 3.05) is 20.1 Å². The van der Waals surface area contributed by atoms with E-state index >= 15 is 4.39 Å². The molecule has 0 radical (unpaired) electrons. The zero-order valence-electron chi connectivity index (χ0n) is 23.9. The van der Waals surface area contributed by atoms with Gasteiger partial charge >= 0.3 is 5.97 Å².